The largest absolute Gasteiger partial charge is 0.464 e. The van der Waals surface area contributed by atoms with Crippen molar-refractivity contribution in [2.75, 3.05) is 6.61 Å². The SMILES string of the molecule is CCOC(=O)[C@@H]1[C@@H](Cc2ccncc2)C(=O)N1C(=O)N[C@H](C)c1ccc2c(c1)OC(C)(F)O2. The number of fused-ring (bicyclic) bond motifs is 1. The smallest absolute Gasteiger partial charge is 0.404 e. The van der Waals surface area contributed by atoms with Crippen molar-refractivity contribution in [3.8, 4) is 11.5 Å². The Hall–Kier alpha value is -3.69. The van der Waals surface area contributed by atoms with Gasteiger partial charge in [0, 0.05) is 19.3 Å². The fraction of sp³-hybridized carbons (Fsp3) is 0.391. The van der Waals surface area contributed by atoms with Crippen LogP contribution in [0.3, 0.4) is 0 Å². The van der Waals surface area contributed by atoms with Crippen LogP contribution in [0.25, 0.3) is 0 Å². The number of benzene rings is 1. The third-order valence-corrected chi connectivity index (χ3v) is 5.56. The topological polar surface area (TPSA) is 107 Å². The molecule has 10 heteroatoms. The van der Waals surface area contributed by atoms with Crippen LogP contribution in [-0.2, 0) is 20.7 Å². The van der Waals surface area contributed by atoms with Crippen molar-refractivity contribution >= 4 is 17.9 Å². The second-order valence-corrected chi connectivity index (χ2v) is 7.99. The molecule has 0 spiro atoms. The molecule has 2 aromatic rings. The number of ether oxygens (including phenoxy) is 3. The summed E-state index contributed by atoms with van der Waals surface area (Å²) in [6.45, 7) is 4.63. The number of esters is 1. The minimum absolute atomic E-state index is 0.127. The van der Waals surface area contributed by atoms with Gasteiger partial charge >= 0.3 is 18.0 Å². The Labute approximate surface area is 189 Å². The summed E-state index contributed by atoms with van der Waals surface area (Å²) in [5.41, 5.74) is 1.43. The van der Waals surface area contributed by atoms with E-state index in [9.17, 15) is 18.8 Å². The molecule has 4 rings (SSSR count). The highest BCUT2D eigenvalue weighted by atomic mass is 19.2. The monoisotopic (exact) mass is 457 g/mol. The maximum Gasteiger partial charge on any atom is 0.404 e. The van der Waals surface area contributed by atoms with Gasteiger partial charge in [0.2, 0.25) is 5.91 Å². The van der Waals surface area contributed by atoms with Gasteiger partial charge in [-0.2, -0.15) is 4.39 Å². The number of rotatable bonds is 6. The summed E-state index contributed by atoms with van der Waals surface area (Å²) in [4.78, 5) is 43.2. The molecule has 33 heavy (non-hydrogen) atoms. The molecule has 1 N–H and O–H groups in total. The van der Waals surface area contributed by atoms with E-state index in [0.717, 1.165) is 17.4 Å². The number of aromatic nitrogens is 1. The Morgan fingerprint density at radius 3 is 2.64 bits per heavy atom. The average molecular weight is 457 g/mol. The highest BCUT2D eigenvalue weighted by Gasteiger charge is 2.55. The van der Waals surface area contributed by atoms with Gasteiger partial charge in [-0.3, -0.25) is 9.78 Å². The molecule has 9 nitrogen and oxygen atoms in total. The van der Waals surface area contributed by atoms with Gasteiger partial charge in [-0.05, 0) is 55.7 Å². The molecular formula is C23H24FN3O6. The molecule has 0 radical (unpaired) electrons. The van der Waals surface area contributed by atoms with E-state index in [1.54, 1.807) is 56.6 Å². The molecular weight excluding hydrogens is 433 g/mol. The van der Waals surface area contributed by atoms with Gasteiger partial charge in [0.15, 0.2) is 17.5 Å². The first-order chi connectivity index (χ1) is 15.7. The Kier molecular flexibility index (Phi) is 5.92. The zero-order chi connectivity index (χ0) is 23.8. The van der Waals surface area contributed by atoms with Gasteiger partial charge in [0.1, 0.15) is 0 Å². The predicted octanol–water partition coefficient (Wildman–Crippen LogP) is 2.90. The van der Waals surface area contributed by atoms with Gasteiger partial charge in [0.25, 0.3) is 0 Å². The molecule has 4 atom stereocenters. The number of hydrogen-bond acceptors (Lipinski definition) is 7. The number of β-lactam (4-membered cyclic amide) rings is 1. The van der Waals surface area contributed by atoms with Crippen molar-refractivity contribution < 1.29 is 33.0 Å². The van der Waals surface area contributed by atoms with E-state index in [-0.39, 0.29) is 24.5 Å². The number of halogens is 1. The van der Waals surface area contributed by atoms with Crippen LogP contribution in [-0.4, -0.2) is 46.5 Å². The Morgan fingerprint density at radius 2 is 1.94 bits per heavy atom. The molecule has 0 bridgehead atoms. The van der Waals surface area contributed by atoms with E-state index < -0.39 is 42.0 Å². The fourth-order valence-electron chi connectivity index (χ4n) is 3.95. The second kappa shape index (κ2) is 8.68. The van der Waals surface area contributed by atoms with Crippen molar-refractivity contribution in [2.24, 2.45) is 5.92 Å². The molecule has 0 aliphatic carbocycles. The average Bonchev–Trinajstić information content (AvgIpc) is 3.09. The Balaban J connectivity index is 1.47. The van der Waals surface area contributed by atoms with Gasteiger partial charge in [0.05, 0.1) is 18.6 Å². The van der Waals surface area contributed by atoms with Crippen LogP contribution in [0.15, 0.2) is 42.7 Å². The zero-order valence-electron chi connectivity index (χ0n) is 18.4. The van der Waals surface area contributed by atoms with Gasteiger partial charge < -0.3 is 19.5 Å². The van der Waals surface area contributed by atoms with Crippen LogP contribution >= 0.6 is 0 Å². The normalized spacial score (nSPS) is 24.1. The number of likely N-dealkylation sites (tertiary alicyclic amines) is 1. The number of urea groups is 1. The first kappa shape index (κ1) is 22.5. The molecule has 174 valence electrons. The molecule has 1 fully saturated rings. The first-order valence-electron chi connectivity index (χ1n) is 10.6. The molecule has 1 aromatic carbocycles. The summed E-state index contributed by atoms with van der Waals surface area (Å²) in [6.07, 6.45) is 3.48. The van der Waals surface area contributed by atoms with E-state index >= 15 is 0 Å². The van der Waals surface area contributed by atoms with E-state index in [1.807, 2.05) is 0 Å². The summed E-state index contributed by atoms with van der Waals surface area (Å²) >= 11 is 0. The lowest BCUT2D eigenvalue weighted by Crippen LogP contribution is -2.69. The summed E-state index contributed by atoms with van der Waals surface area (Å²) in [5, 5.41) is 2.71. The quantitative estimate of drug-likeness (QED) is 0.525. The van der Waals surface area contributed by atoms with Gasteiger partial charge in [-0.25, -0.2) is 14.5 Å². The molecule has 2 aliphatic rings. The molecule has 3 heterocycles. The number of nitrogens with zero attached hydrogens (tertiary/aromatic N) is 2. The number of amides is 3. The molecule has 1 saturated heterocycles. The van der Waals surface area contributed by atoms with Crippen molar-refractivity contribution in [1.82, 2.24) is 15.2 Å². The number of carbonyl (C=O) groups is 3. The zero-order valence-corrected chi connectivity index (χ0v) is 18.4. The van der Waals surface area contributed by atoms with Crippen molar-refractivity contribution in [3.05, 3.63) is 53.9 Å². The van der Waals surface area contributed by atoms with E-state index in [0.29, 0.717) is 5.56 Å². The summed E-state index contributed by atoms with van der Waals surface area (Å²) in [6, 6.07) is 3.69. The van der Waals surface area contributed by atoms with Crippen LogP contribution in [0, 0.1) is 5.92 Å². The molecule has 2 aliphatic heterocycles. The maximum atomic E-state index is 13.9. The number of carbonyl (C=O) groups excluding carboxylic acids is 3. The Morgan fingerprint density at radius 1 is 1.24 bits per heavy atom. The summed E-state index contributed by atoms with van der Waals surface area (Å²) in [5.74, 6) is -1.35. The highest BCUT2D eigenvalue weighted by molar-refractivity contribution is 6.08. The number of hydrogen-bond donors (Lipinski definition) is 1. The van der Waals surface area contributed by atoms with Crippen LogP contribution in [0.2, 0.25) is 0 Å². The molecule has 1 aromatic heterocycles. The van der Waals surface area contributed by atoms with Crippen LogP contribution in [0.5, 0.6) is 11.5 Å². The number of imide groups is 1. The van der Waals surface area contributed by atoms with E-state index in [2.05, 4.69) is 10.3 Å². The van der Waals surface area contributed by atoms with Crippen molar-refractivity contribution in [3.63, 3.8) is 0 Å². The van der Waals surface area contributed by atoms with Gasteiger partial charge in [-0.1, -0.05) is 6.07 Å². The van der Waals surface area contributed by atoms with Gasteiger partial charge in [-0.15, -0.1) is 0 Å². The van der Waals surface area contributed by atoms with Crippen LogP contribution < -0.4 is 14.8 Å². The molecule has 0 saturated carbocycles. The lowest BCUT2D eigenvalue weighted by molar-refractivity contribution is -0.173. The van der Waals surface area contributed by atoms with Crippen molar-refractivity contribution in [1.29, 1.82) is 0 Å². The minimum atomic E-state index is -2.26. The third-order valence-electron chi connectivity index (χ3n) is 5.56. The first-order valence-corrected chi connectivity index (χ1v) is 10.6. The lowest BCUT2D eigenvalue weighted by atomic mass is 9.82. The highest BCUT2D eigenvalue weighted by Crippen LogP contribution is 2.41. The van der Waals surface area contributed by atoms with Crippen molar-refractivity contribution in [2.45, 2.75) is 45.3 Å². The minimum Gasteiger partial charge on any atom is -0.464 e. The van der Waals surface area contributed by atoms with E-state index in [1.165, 1.54) is 0 Å². The number of nitrogens with one attached hydrogen (secondary N) is 1. The summed E-state index contributed by atoms with van der Waals surface area (Å²) in [7, 11) is 0. The summed E-state index contributed by atoms with van der Waals surface area (Å²) < 4.78 is 29.2. The maximum absolute atomic E-state index is 13.9. The Bertz CT molecular complexity index is 1080. The van der Waals surface area contributed by atoms with Crippen LogP contribution in [0.1, 0.15) is 37.9 Å². The number of alkyl halides is 1. The molecule has 3 amide bonds. The lowest BCUT2D eigenvalue weighted by Gasteiger charge is -2.44. The van der Waals surface area contributed by atoms with Crippen LogP contribution in [0.4, 0.5) is 9.18 Å². The second-order valence-electron chi connectivity index (χ2n) is 7.99. The fourth-order valence-corrected chi connectivity index (χ4v) is 3.95. The third kappa shape index (κ3) is 4.46. The standard InChI is InChI=1S/C23H24FN3O6/c1-4-31-21(29)19-16(11-14-7-9-25-10-8-14)20(28)27(19)22(30)26-13(2)15-5-6-17-18(12-15)33-23(3,24)32-17/h5-10,12-13,16,19H,4,11H2,1-3H3,(H,26,30)/t13-,16-,19+,23?/m1/s1. The van der Waals surface area contributed by atoms with E-state index in [4.69, 9.17) is 14.2 Å². The molecule has 1 unspecified atom stereocenters. The predicted molar refractivity (Wildman–Crippen MR) is 113 cm³/mol. The number of pyridine rings is 1.